The van der Waals surface area contributed by atoms with Gasteiger partial charge in [0.05, 0.1) is 0 Å². The molecule has 2 nitrogen and oxygen atoms in total. The highest BCUT2D eigenvalue weighted by molar-refractivity contribution is 6.07. The number of benzene rings is 2. The molecule has 0 N–H and O–H groups in total. The third-order valence-corrected chi connectivity index (χ3v) is 3.20. The van der Waals surface area contributed by atoms with Crippen molar-refractivity contribution >= 4 is 11.6 Å². The molecule has 0 atom stereocenters. The zero-order valence-corrected chi connectivity index (χ0v) is 9.77. The van der Waals surface area contributed by atoms with Crippen LogP contribution in [0.1, 0.15) is 15.9 Å². The molecule has 0 saturated heterocycles. The van der Waals surface area contributed by atoms with E-state index in [2.05, 4.69) is 0 Å². The van der Waals surface area contributed by atoms with E-state index in [1.54, 1.807) is 23.1 Å². The minimum atomic E-state index is -0.247. The molecular weight excluding hydrogens is 229 g/mol. The first-order valence-corrected chi connectivity index (χ1v) is 5.91. The predicted octanol–water partition coefficient (Wildman–Crippen LogP) is 3.03. The van der Waals surface area contributed by atoms with Crippen molar-refractivity contribution in [2.24, 2.45) is 0 Å². The Hall–Kier alpha value is -2.16. The maximum Gasteiger partial charge on any atom is 0.258 e. The van der Waals surface area contributed by atoms with Crippen LogP contribution in [0.3, 0.4) is 0 Å². The van der Waals surface area contributed by atoms with E-state index in [4.69, 9.17) is 0 Å². The summed E-state index contributed by atoms with van der Waals surface area (Å²) in [6.07, 6.45) is 0.714. The number of hydrogen-bond donors (Lipinski definition) is 0. The molecule has 0 aromatic heterocycles. The van der Waals surface area contributed by atoms with Crippen LogP contribution in [0.4, 0.5) is 10.1 Å². The molecule has 3 rings (SSSR count). The van der Waals surface area contributed by atoms with Gasteiger partial charge < -0.3 is 4.90 Å². The Balaban J connectivity index is 1.95. The van der Waals surface area contributed by atoms with Crippen molar-refractivity contribution in [3.05, 3.63) is 65.5 Å². The van der Waals surface area contributed by atoms with Crippen LogP contribution >= 0.6 is 0 Å². The van der Waals surface area contributed by atoms with Gasteiger partial charge in [0, 0.05) is 17.8 Å². The van der Waals surface area contributed by atoms with Gasteiger partial charge in [0.25, 0.3) is 5.91 Å². The molecule has 0 fully saturated rings. The lowest BCUT2D eigenvalue weighted by Gasteiger charge is -2.17. The van der Waals surface area contributed by atoms with E-state index < -0.39 is 0 Å². The van der Waals surface area contributed by atoms with Gasteiger partial charge in [0.2, 0.25) is 0 Å². The molecule has 18 heavy (non-hydrogen) atoms. The van der Waals surface area contributed by atoms with Crippen molar-refractivity contribution in [1.29, 1.82) is 0 Å². The molecule has 0 unspecified atom stereocenters. The summed E-state index contributed by atoms with van der Waals surface area (Å²) in [6, 6.07) is 13.7. The van der Waals surface area contributed by atoms with Crippen molar-refractivity contribution in [2.45, 2.75) is 6.42 Å². The van der Waals surface area contributed by atoms with Crippen molar-refractivity contribution < 1.29 is 9.18 Å². The third-order valence-electron chi connectivity index (χ3n) is 3.20. The van der Waals surface area contributed by atoms with Gasteiger partial charge in [-0.2, -0.15) is 0 Å². The quantitative estimate of drug-likeness (QED) is 0.751. The first-order valence-electron chi connectivity index (χ1n) is 5.91. The molecule has 2 aromatic rings. The summed E-state index contributed by atoms with van der Waals surface area (Å²) in [5, 5.41) is 0. The van der Waals surface area contributed by atoms with Crippen LogP contribution in [0, 0.1) is 5.82 Å². The minimum Gasteiger partial charge on any atom is -0.308 e. The summed E-state index contributed by atoms with van der Waals surface area (Å²) in [7, 11) is 0. The second-order valence-electron chi connectivity index (χ2n) is 4.35. The fourth-order valence-electron chi connectivity index (χ4n) is 2.32. The van der Waals surface area contributed by atoms with E-state index >= 15 is 0 Å². The molecule has 0 aliphatic carbocycles. The van der Waals surface area contributed by atoms with E-state index in [1.807, 2.05) is 18.2 Å². The molecule has 3 heteroatoms. The molecule has 0 radical (unpaired) electrons. The number of carbonyl (C=O) groups is 1. The van der Waals surface area contributed by atoms with Crippen LogP contribution in [0.15, 0.2) is 48.5 Å². The number of rotatable bonds is 1. The van der Waals surface area contributed by atoms with Crippen molar-refractivity contribution in [3.8, 4) is 0 Å². The summed E-state index contributed by atoms with van der Waals surface area (Å²) in [5.74, 6) is -0.274. The summed E-state index contributed by atoms with van der Waals surface area (Å²) in [6.45, 7) is 0.618. The average molecular weight is 241 g/mol. The standard InChI is InChI=1S/C15H12FNO/c16-13-6-7-14-12(10-13)8-9-17(14)15(18)11-4-2-1-3-5-11/h1-7,10H,8-9H2. The van der Waals surface area contributed by atoms with E-state index in [9.17, 15) is 9.18 Å². The number of nitrogens with zero attached hydrogens (tertiary/aromatic N) is 1. The van der Waals surface area contributed by atoms with Crippen LogP contribution < -0.4 is 4.90 Å². The molecule has 0 spiro atoms. The lowest BCUT2D eigenvalue weighted by Crippen LogP contribution is -2.28. The largest absolute Gasteiger partial charge is 0.308 e. The van der Waals surface area contributed by atoms with Gasteiger partial charge in [-0.15, -0.1) is 0 Å². The zero-order chi connectivity index (χ0) is 12.5. The summed E-state index contributed by atoms with van der Waals surface area (Å²) in [4.78, 5) is 14.0. The third kappa shape index (κ3) is 1.78. The zero-order valence-electron chi connectivity index (χ0n) is 9.77. The van der Waals surface area contributed by atoms with Crippen LogP contribution in [-0.4, -0.2) is 12.5 Å². The smallest absolute Gasteiger partial charge is 0.258 e. The molecule has 1 amide bonds. The van der Waals surface area contributed by atoms with Crippen LogP contribution in [-0.2, 0) is 6.42 Å². The molecule has 1 heterocycles. The monoisotopic (exact) mass is 241 g/mol. The summed E-state index contributed by atoms with van der Waals surface area (Å²) in [5.41, 5.74) is 2.39. The Morgan fingerprint density at radius 3 is 2.67 bits per heavy atom. The van der Waals surface area contributed by atoms with Crippen LogP contribution in [0.25, 0.3) is 0 Å². The molecule has 0 saturated carbocycles. The Labute approximate surface area is 105 Å². The minimum absolute atomic E-state index is 0.0269. The first-order chi connectivity index (χ1) is 8.75. The lowest BCUT2D eigenvalue weighted by molar-refractivity contribution is 0.0989. The van der Waals surface area contributed by atoms with Gasteiger partial charge in [-0.3, -0.25) is 4.79 Å². The average Bonchev–Trinajstić information content (AvgIpc) is 2.81. The molecule has 90 valence electrons. The predicted molar refractivity (Wildman–Crippen MR) is 68.2 cm³/mol. The number of amides is 1. The van der Waals surface area contributed by atoms with E-state index in [0.717, 1.165) is 11.3 Å². The van der Waals surface area contributed by atoms with Crippen molar-refractivity contribution in [2.75, 3.05) is 11.4 Å². The van der Waals surface area contributed by atoms with Crippen LogP contribution in [0.2, 0.25) is 0 Å². The maximum absolute atomic E-state index is 13.1. The highest BCUT2D eigenvalue weighted by atomic mass is 19.1. The molecule has 1 aliphatic heterocycles. The van der Waals surface area contributed by atoms with E-state index in [0.29, 0.717) is 18.5 Å². The SMILES string of the molecule is O=C(c1ccccc1)N1CCc2cc(F)ccc21. The van der Waals surface area contributed by atoms with Gasteiger partial charge in [0.1, 0.15) is 5.82 Å². The lowest BCUT2D eigenvalue weighted by atomic mass is 10.1. The van der Waals surface area contributed by atoms with Gasteiger partial charge in [-0.05, 0) is 42.3 Å². The Bertz CT molecular complexity index is 595. The Kier molecular flexibility index (Phi) is 2.59. The van der Waals surface area contributed by atoms with E-state index in [1.165, 1.54) is 12.1 Å². The number of anilines is 1. The Morgan fingerprint density at radius 1 is 1.11 bits per heavy atom. The molecule has 1 aliphatic rings. The topological polar surface area (TPSA) is 20.3 Å². The van der Waals surface area contributed by atoms with E-state index in [-0.39, 0.29) is 11.7 Å². The number of halogens is 1. The second kappa shape index (κ2) is 4.26. The van der Waals surface area contributed by atoms with Gasteiger partial charge >= 0.3 is 0 Å². The first kappa shape index (κ1) is 11.0. The van der Waals surface area contributed by atoms with Gasteiger partial charge in [-0.1, -0.05) is 18.2 Å². The van der Waals surface area contributed by atoms with Gasteiger partial charge in [0.15, 0.2) is 0 Å². The second-order valence-corrected chi connectivity index (χ2v) is 4.35. The molecule has 0 bridgehead atoms. The van der Waals surface area contributed by atoms with Crippen molar-refractivity contribution in [3.63, 3.8) is 0 Å². The number of fused-ring (bicyclic) bond motifs is 1. The Morgan fingerprint density at radius 2 is 1.89 bits per heavy atom. The normalized spacial score (nSPS) is 13.5. The summed E-state index contributed by atoms with van der Waals surface area (Å²) < 4.78 is 13.1. The molecule has 2 aromatic carbocycles. The van der Waals surface area contributed by atoms with Crippen LogP contribution in [0.5, 0.6) is 0 Å². The maximum atomic E-state index is 13.1. The van der Waals surface area contributed by atoms with Gasteiger partial charge in [-0.25, -0.2) is 4.39 Å². The number of carbonyl (C=O) groups excluding carboxylic acids is 1. The summed E-state index contributed by atoms with van der Waals surface area (Å²) >= 11 is 0. The van der Waals surface area contributed by atoms with Crippen molar-refractivity contribution in [1.82, 2.24) is 0 Å². The fraction of sp³-hybridized carbons (Fsp3) is 0.133. The highest BCUT2D eigenvalue weighted by Crippen LogP contribution is 2.29. The molecular formula is C15H12FNO. The number of hydrogen-bond acceptors (Lipinski definition) is 1. The fourth-order valence-corrected chi connectivity index (χ4v) is 2.32. The highest BCUT2D eigenvalue weighted by Gasteiger charge is 2.25.